The topological polar surface area (TPSA) is 50.2 Å². The predicted molar refractivity (Wildman–Crippen MR) is 79.7 cm³/mol. The van der Waals surface area contributed by atoms with Gasteiger partial charge in [0.25, 0.3) is 5.91 Å². The normalized spacial score (nSPS) is 23.8. The van der Waals surface area contributed by atoms with Crippen LogP contribution in [0.5, 0.6) is 0 Å². The molecule has 2 heterocycles. The Morgan fingerprint density at radius 3 is 2.50 bits per heavy atom. The molecule has 1 aliphatic heterocycles. The first-order valence-electron chi connectivity index (χ1n) is 7.47. The number of amides is 1. The van der Waals surface area contributed by atoms with Gasteiger partial charge in [-0.15, -0.1) is 0 Å². The molecule has 0 aliphatic carbocycles. The van der Waals surface area contributed by atoms with Crippen LogP contribution >= 0.6 is 0 Å². The quantitative estimate of drug-likeness (QED) is 0.915. The van der Waals surface area contributed by atoms with E-state index in [1.54, 1.807) is 6.20 Å². The Kier molecular flexibility index (Phi) is 4.48. The molecule has 1 aromatic rings. The van der Waals surface area contributed by atoms with E-state index in [9.17, 15) is 4.79 Å². The Morgan fingerprint density at radius 1 is 1.30 bits per heavy atom. The van der Waals surface area contributed by atoms with Crippen LogP contribution in [0.3, 0.4) is 0 Å². The Morgan fingerprint density at radius 2 is 2.00 bits per heavy atom. The van der Waals surface area contributed by atoms with Gasteiger partial charge in [0.15, 0.2) is 0 Å². The van der Waals surface area contributed by atoms with Crippen molar-refractivity contribution in [1.82, 2.24) is 20.0 Å². The summed E-state index contributed by atoms with van der Waals surface area (Å²) in [5, 5.41) is 7.37. The Bertz CT molecular complexity index is 466. The van der Waals surface area contributed by atoms with Crippen LogP contribution in [-0.2, 0) is 0 Å². The number of nitrogens with zero attached hydrogens (tertiary/aromatic N) is 3. The van der Waals surface area contributed by atoms with Crippen molar-refractivity contribution in [2.24, 2.45) is 5.92 Å². The summed E-state index contributed by atoms with van der Waals surface area (Å²) in [4.78, 5) is 14.7. The number of hydrogen-bond acceptors (Lipinski definition) is 3. The number of carbonyl (C=O) groups excluding carboxylic acids is 1. The summed E-state index contributed by atoms with van der Waals surface area (Å²) in [7, 11) is 0. The van der Waals surface area contributed by atoms with Crippen LogP contribution in [0.1, 0.15) is 51.0 Å². The highest BCUT2D eigenvalue weighted by Gasteiger charge is 2.32. The number of likely N-dealkylation sites (tertiary alicyclic amines) is 1. The second kappa shape index (κ2) is 5.95. The smallest absolute Gasteiger partial charge is 0.254 e. The van der Waals surface area contributed by atoms with Crippen LogP contribution in [0.4, 0.5) is 0 Å². The Balaban J connectivity index is 1.97. The molecule has 2 atom stereocenters. The summed E-state index contributed by atoms with van der Waals surface area (Å²) in [5.74, 6) is 0.473. The lowest BCUT2D eigenvalue weighted by atomic mass is 10.1. The lowest BCUT2D eigenvalue weighted by Crippen LogP contribution is -2.40. The van der Waals surface area contributed by atoms with E-state index in [0.29, 0.717) is 17.5 Å². The molecule has 0 radical (unpaired) electrons. The molecule has 112 valence electrons. The summed E-state index contributed by atoms with van der Waals surface area (Å²) in [6.07, 6.45) is 3.47. The molecule has 1 aliphatic rings. The molecule has 1 fully saturated rings. The van der Waals surface area contributed by atoms with E-state index in [0.717, 1.165) is 13.1 Å². The van der Waals surface area contributed by atoms with Crippen LogP contribution in [-0.4, -0.2) is 45.8 Å². The van der Waals surface area contributed by atoms with E-state index >= 15 is 0 Å². The van der Waals surface area contributed by atoms with E-state index < -0.39 is 0 Å². The maximum absolute atomic E-state index is 12.3. The van der Waals surface area contributed by atoms with Crippen LogP contribution in [0.25, 0.3) is 0 Å². The summed E-state index contributed by atoms with van der Waals surface area (Å²) in [6, 6.07) is 1.04. The third-order valence-corrected chi connectivity index (χ3v) is 4.08. The van der Waals surface area contributed by atoms with Gasteiger partial charge in [-0.05, 0) is 33.6 Å². The van der Waals surface area contributed by atoms with Crippen molar-refractivity contribution in [3.63, 3.8) is 0 Å². The summed E-state index contributed by atoms with van der Waals surface area (Å²) >= 11 is 0. The average molecular weight is 278 g/mol. The van der Waals surface area contributed by atoms with Crippen molar-refractivity contribution in [2.75, 3.05) is 13.1 Å². The standard InChI is InChI=1S/C15H26N4O/c1-10(2)18-7-12(5)14(9-18)17-15(20)13-6-16-19(8-13)11(3)4/h6,8,10-12,14H,7,9H2,1-5H3,(H,17,20)/t12-,14-/m1/s1. The largest absolute Gasteiger partial charge is 0.348 e. The van der Waals surface area contributed by atoms with Gasteiger partial charge in [-0.1, -0.05) is 6.92 Å². The maximum atomic E-state index is 12.3. The number of carbonyl (C=O) groups is 1. The first-order chi connectivity index (χ1) is 9.38. The van der Waals surface area contributed by atoms with Gasteiger partial charge in [-0.3, -0.25) is 14.4 Å². The minimum Gasteiger partial charge on any atom is -0.348 e. The van der Waals surface area contributed by atoms with E-state index in [2.05, 4.69) is 36.1 Å². The van der Waals surface area contributed by atoms with Crippen LogP contribution in [0, 0.1) is 5.92 Å². The lowest BCUT2D eigenvalue weighted by Gasteiger charge is -2.20. The third kappa shape index (κ3) is 3.20. The number of hydrogen-bond donors (Lipinski definition) is 1. The van der Waals surface area contributed by atoms with Gasteiger partial charge in [-0.2, -0.15) is 5.10 Å². The third-order valence-electron chi connectivity index (χ3n) is 4.08. The van der Waals surface area contributed by atoms with E-state index in [1.165, 1.54) is 0 Å². The summed E-state index contributed by atoms with van der Waals surface area (Å²) < 4.78 is 1.81. The molecule has 20 heavy (non-hydrogen) atoms. The maximum Gasteiger partial charge on any atom is 0.254 e. The molecular formula is C15H26N4O. The van der Waals surface area contributed by atoms with Gasteiger partial charge in [0.05, 0.1) is 11.8 Å². The van der Waals surface area contributed by atoms with Crippen molar-refractivity contribution in [2.45, 2.75) is 52.7 Å². The zero-order chi connectivity index (χ0) is 14.9. The number of aromatic nitrogens is 2. The highest BCUT2D eigenvalue weighted by atomic mass is 16.1. The summed E-state index contributed by atoms with van der Waals surface area (Å²) in [6.45, 7) is 12.7. The van der Waals surface area contributed by atoms with Crippen molar-refractivity contribution in [1.29, 1.82) is 0 Å². The molecule has 1 aromatic heterocycles. The second-order valence-electron chi connectivity index (χ2n) is 6.41. The molecular weight excluding hydrogens is 252 g/mol. The number of rotatable bonds is 4. The fourth-order valence-corrected chi connectivity index (χ4v) is 2.60. The van der Waals surface area contributed by atoms with Gasteiger partial charge in [0.2, 0.25) is 0 Å². The number of nitrogens with one attached hydrogen (secondary N) is 1. The molecule has 0 spiro atoms. The highest BCUT2D eigenvalue weighted by molar-refractivity contribution is 5.93. The zero-order valence-electron chi connectivity index (χ0n) is 13.1. The molecule has 5 heteroatoms. The first-order valence-corrected chi connectivity index (χ1v) is 7.47. The molecule has 1 amide bonds. The minimum atomic E-state index is -0.0145. The average Bonchev–Trinajstić information content (AvgIpc) is 2.97. The fourth-order valence-electron chi connectivity index (χ4n) is 2.60. The van der Waals surface area contributed by atoms with E-state index in [1.807, 2.05) is 24.7 Å². The van der Waals surface area contributed by atoms with Gasteiger partial charge in [0.1, 0.15) is 0 Å². The van der Waals surface area contributed by atoms with Crippen LogP contribution < -0.4 is 5.32 Å². The van der Waals surface area contributed by atoms with Gasteiger partial charge >= 0.3 is 0 Å². The van der Waals surface area contributed by atoms with Crippen LogP contribution in [0.2, 0.25) is 0 Å². The van der Waals surface area contributed by atoms with Crippen LogP contribution in [0.15, 0.2) is 12.4 Å². The second-order valence-corrected chi connectivity index (χ2v) is 6.41. The predicted octanol–water partition coefficient (Wildman–Crippen LogP) is 1.92. The molecule has 5 nitrogen and oxygen atoms in total. The van der Waals surface area contributed by atoms with E-state index in [4.69, 9.17) is 0 Å². The van der Waals surface area contributed by atoms with Crippen molar-refractivity contribution in [3.8, 4) is 0 Å². The van der Waals surface area contributed by atoms with Gasteiger partial charge in [0, 0.05) is 37.4 Å². The lowest BCUT2D eigenvalue weighted by molar-refractivity contribution is 0.0930. The first kappa shape index (κ1) is 15.0. The SMILES string of the molecule is CC(C)N1C[C@@H](C)[C@H](NC(=O)c2cnn(C(C)C)c2)C1. The molecule has 1 saturated heterocycles. The minimum absolute atomic E-state index is 0.0145. The molecule has 0 bridgehead atoms. The zero-order valence-corrected chi connectivity index (χ0v) is 13.1. The fraction of sp³-hybridized carbons (Fsp3) is 0.733. The molecule has 2 rings (SSSR count). The monoisotopic (exact) mass is 278 g/mol. The highest BCUT2D eigenvalue weighted by Crippen LogP contribution is 2.19. The molecule has 0 unspecified atom stereocenters. The van der Waals surface area contributed by atoms with E-state index in [-0.39, 0.29) is 18.0 Å². The Labute approximate surface area is 121 Å². The van der Waals surface area contributed by atoms with Gasteiger partial charge in [-0.25, -0.2) is 0 Å². The molecule has 0 aromatic carbocycles. The van der Waals surface area contributed by atoms with Gasteiger partial charge < -0.3 is 5.32 Å². The van der Waals surface area contributed by atoms with Crippen molar-refractivity contribution < 1.29 is 4.79 Å². The molecule has 1 N–H and O–H groups in total. The Hall–Kier alpha value is -1.36. The van der Waals surface area contributed by atoms with Crippen molar-refractivity contribution in [3.05, 3.63) is 18.0 Å². The molecule has 0 saturated carbocycles. The summed E-state index contributed by atoms with van der Waals surface area (Å²) in [5.41, 5.74) is 0.647. The van der Waals surface area contributed by atoms with Crippen molar-refractivity contribution >= 4 is 5.91 Å².